The average molecular weight is 1010 g/mol. The number of carbonyl (C=O) groups excluding carboxylic acids is 7. The number of nitrogens with two attached hydrogens (primary N) is 1. The first-order chi connectivity index (χ1) is 34.8. The van der Waals surface area contributed by atoms with Crippen LogP contribution >= 0.6 is 0 Å². The van der Waals surface area contributed by atoms with Crippen molar-refractivity contribution in [1.29, 1.82) is 0 Å². The molecule has 12 N–H and O–H groups in total. The van der Waals surface area contributed by atoms with Gasteiger partial charge in [0.1, 0.15) is 42.0 Å². The molecule has 3 aromatic carbocycles. The number of anilines is 2. The normalized spacial score (nSPS) is 17.4. The number of rotatable bonds is 22. The van der Waals surface area contributed by atoms with Gasteiger partial charge in [0.05, 0.1) is 25.3 Å². The molecular weight excluding hydrogens is 947 g/mol. The summed E-state index contributed by atoms with van der Waals surface area (Å²) < 4.78 is 0. The number of aliphatic carboxylic acids is 2. The number of carbonyl (C=O) groups is 9. The van der Waals surface area contributed by atoms with Crippen molar-refractivity contribution < 1.29 is 58.5 Å². The quantitative estimate of drug-likeness (QED) is 0.0508. The Kier molecular flexibility index (Phi) is 18.2. The lowest BCUT2D eigenvalue weighted by molar-refractivity contribution is -0.145. The van der Waals surface area contributed by atoms with E-state index in [9.17, 15) is 53.4 Å². The van der Waals surface area contributed by atoms with Crippen LogP contribution in [0.15, 0.2) is 85.3 Å². The number of benzene rings is 3. The summed E-state index contributed by atoms with van der Waals surface area (Å²) in [5.74, 6) is -7.67. The zero-order valence-corrected chi connectivity index (χ0v) is 40.5. The van der Waals surface area contributed by atoms with E-state index < -0.39 is 114 Å². The van der Waals surface area contributed by atoms with Crippen molar-refractivity contribution in [2.24, 2.45) is 11.7 Å². The van der Waals surface area contributed by atoms with Crippen molar-refractivity contribution in [2.45, 2.75) is 108 Å². The third kappa shape index (κ3) is 14.9. The van der Waals surface area contributed by atoms with E-state index in [1.807, 2.05) is 0 Å². The molecule has 388 valence electrons. The van der Waals surface area contributed by atoms with E-state index >= 15 is 0 Å². The van der Waals surface area contributed by atoms with Gasteiger partial charge in [-0.05, 0) is 72.7 Å². The molecule has 3 heterocycles. The van der Waals surface area contributed by atoms with Gasteiger partial charge in [-0.15, -0.1) is 0 Å². The summed E-state index contributed by atoms with van der Waals surface area (Å²) in [6, 6.07) is 11.7. The van der Waals surface area contributed by atoms with Gasteiger partial charge in [0.15, 0.2) is 0 Å². The Morgan fingerprint density at radius 2 is 1.56 bits per heavy atom. The number of likely N-dealkylation sites (tertiary alicyclic amines) is 1. The number of carboxylic acid groups (broad SMARTS) is 2. The molecule has 0 radical (unpaired) electrons. The third-order valence-electron chi connectivity index (χ3n) is 12.5. The van der Waals surface area contributed by atoms with Gasteiger partial charge < -0.3 is 67.7 Å². The zero-order valence-electron chi connectivity index (χ0n) is 40.5. The van der Waals surface area contributed by atoms with Crippen molar-refractivity contribution in [1.82, 2.24) is 41.0 Å². The van der Waals surface area contributed by atoms with Gasteiger partial charge >= 0.3 is 11.9 Å². The largest absolute Gasteiger partial charge is 0.508 e. The number of phenols is 1. The summed E-state index contributed by atoms with van der Waals surface area (Å²) in [6.45, 7) is 4.19. The van der Waals surface area contributed by atoms with E-state index in [0.717, 1.165) is 0 Å². The first kappa shape index (κ1) is 54.0. The van der Waals surface area contributed by atoms with Crippen LogP contribution in [-0.4, -0.2) is 144 Å². The van der Waals surface area contributed by atoms with Crippen molar-refractivity contribution in [3.8, 4) is 5.75 Å². The average Bonchev–Trinajstić information content (AvgIpc) is 4.04. The Balaban J connectivity index is 1.20. The molecule has 1 saturated heterocycles. The number of aromatic nitrogens is 2. The number of aromatic amines is 1. The first-order valence-electron chi connectivity index (χ1n) is 23.8. The van der Waals surface area contributed by atoms with Gasteiger partial charge in [-0.3, -0.25) is 38.4 Å². The van der Waals surface area contributed by atoms with Gasteiger partial charge in [0.2, 0.25) is 41.4 Å². The minimum Gasteiger partial charge on any atom is -0.508 e. The second kappa shape index (κ2) is 24.7. The molecule has 0 unspecified atom stereocenters. The maximum Gasteiger partial charge on any atom is 0.326 e. The van der Waals surface area contributed by atoms with Crippen LogP contribution in [0.2, 0.25) is 0 Å². The van der Waals surface area contributed by atoms with Crippen molar-refractivity contribution in [3.05, 3.63) is 108 Å². The molecule has 0 bridgehead atoms. The number of nitrogens with zero attached hydrogens (tertiary/aromatic N) is 3. The highest BCUT2D eigenvalue weighted by Crippen LogP contribution is 2.28. The summed E-state index contributed by atoms with van der Waals surface area (Å²) in [5.41, 5.74) is 8.74. The van der Waals surface area contributed by atoms with E-state index in [4.69, 9.17) is 10.8 Å². The number of aromatic hydroxyl groups is 1. The molecular formula is C50H61N11O12. The lowest BCUT2D eigenvalue weighted by atomic mass is 10.0. The highest BCUT2D eigenvalue weighted by Gasteiger charge is 2.40. The molecule has 2 aliphatic rings. The standard InChI is InChI=1S/C50H61N11O12/c1-27(2)43(59-44(66)28(3)54-45(67)35(51)22-42(64)65)47(69)55-32-13-16-36-31(20-32)24-60(48(70)37(56-36)18-30-11-14-34(62)15-12-30)25-41(63)57-38(21-33-23-52-26-53-33)49(71)61-17-7-10-40(61)46(68)58-39(50(72)73)19-29-8-5-4-6-9-29/h4-6,8-9,11-16,20,23,26-28,35,37-40,43,56,62H,7,10,17-19,21-22,24-25,51H2,1-3H3,(H,52,53)(H,54,67)(H,55,69)(H,57,63)(H,58,68)(H,59,66)(H,64,65)(H,72,73)/t28-,35-,37-,38-,39-,40-,43-/m0/s1. The predicted octanol–water partition coefficient (Wildman–Crippen LogP) is 0.397. The summed E-state index contributed by atoms with van der Waals surface area (Å²) in [6.07, 6.45) is 2.98. The molecule has 23 nitrogen and oxygen atoms in total. The second-order valence-corrected chi connectivity index (χ2v) is 18.5. The molecule has 23 heteroatoms. The number of phenolic OH excluding ortho intramolecular Hbond substituents is 1. The number of H-pyrrole nitrogens is 1. The van der Waals surface area contributed by atoms with Crippen LogP contribution in [0.1, 0.15) is 62.4 Å². The number of carboxylic acids is 2. The van der Waals surface area contributed by atoms with Crippen LogP contribution in [0.3, 0.4) is 0 Å². The van der Waals surface area contributed by atoms with E-state index in [1.54, 1.807) is 74.5 Å². The third-order valence-corrected chi connectivity index (χ3v) is 12.5. The van der Waals surface area contributed by atoms with Crippen molar-refractivity contribution >= 4 is 64.7 Å². The van der Waals surface area contributed by atoms with Crippen LogP contribution in [0.5, 0.6) is 5.75 Å². The van der Waals surface area contributed by atoms with E-state index in [2.05, 4.69) is 41.9 Å². The van der Waals surface area contributed by atoms with Gasteiger partial charge in [-0.1, -0.05) is 56.3 Å². The predicted molar refractivity (Wildman–Crippen MR) is 263 cm³/mol. The van der Waals surface area contributed by atoms with Gasteiger partial charge in [-0.2, -0.15) is 0 Å². The molecule has 6 rings (SSSR count). The van der Waals surface area contributed by atoms with Gasteiger partial charge in [-0.25, -0.2) is 9.78 Å². The van der Waals surface area contributed by atoms with E-state index in [0.29, 0.717) is 34.5 Å². The van der Waals surface area contributed by atoms with Crippen molar-refractivity contribution in [3.63, 3.8) is 0 Å². The number of amides is 7. The maximum absolute atomic E-state index is 14.5. The molecule has 7 atom stereocenters. The monoisotopic (exact) mass is 1010 g/mol. The maximum atomic E-state index is 14.5. The highest BCUT2D eigenvalue weighted by atomic mass is 16.4. The lowest BCUT2D eigenvalue weighted by Gasteiger charge is -2.30. The van der Waals surface area contributed by atoms with Crippen LogP contribution in [0.25, 0.3) is 0 Å². The molecule has 7 amide bonds. The van der Waals surface area contributed by atoms with Gasteiger partial charge in [0.25, 0.3) is 0 Å². The minimum absolute atomic E-state index is 0.0140. The van der Waals surface area contributed by atoms with E-state index in [1.165, 1.54) is 41.4 Å². The number of hydrogen-bond donors (Lipinski definition) is 11. The Hall–Kier alpha value is -8.34. The number of hydrogen-bond acceptors (Lipinski definition) is 13. The fraction of sp³-hybridized carbons (Fsp3) is 0.400. The summed E-state index contributed by atoms with van der Waals surface area (Å²) in [5, 5.41) is 45.3. The number of fused-ring (bicyclic) bond motifs is 1. The fourth-order valence-corrected chi connectivity index (χ4v) is 8.59. The highest BCUT2D eigenvalue weighted by molar-refractivity contribution is 6.00. The topological polar surface area (TPSA) is 348 Å². The molecule has 1 fully saturated rings. The Bertz CT molecular complexity index is 2650. The lowest BCUT2D eigenvalue weighted by Crippen LogP contribution is -2.57. The van der Waals surface area contributed by atoms with Crippen LogP contribution < -0.4 is 37.6 Å². The number of imidazole rings is 1. The summed E-state index contributed by atoms with van der Waals surface area (Å²) in [7, 11) is 0. The molecule has 0 saturated carbocycles. The Labute approximate surface area is 420 Å². The minimum atomic E-state index is -1.40. The van der Waals surface area contributed by atoms with Crippen LogP contribution in [-0.2, 0) is 69.0 Å². The fourth-order valence-electron chi connectivity index (χ4n) is 8.59. The van der Waals surface area contributed by atoms with Crippen LogP contribution in [0.4, 0.5) is 11.4 Å². The van der Waals surface area contributed by atoms with Gasteiger partial charge in [0, 0.05) is 55.6 Å². The molecule has 2 aliphatic heterocycles. The van der Waals surface area contributed by atoms with E-state index in [-0.39, 0.29) is 50.2 Å². The molecule has 1 aromatic heterocycles. The molecule has 73 heavy (non-hydrogen) atoms. The number of nitrogens with one attached hydrogen (secondary N) is 7. The molecule has 4 aromatic rings. The molecule has 0 aliphatic carbocycles. The summed E-state index contributed by atoms with van der Waals surface area (Å²) in [4.78, 5) is 129. The Morgan fingerprint density at radius 3 is 2.22 bits per heavy atom. The Morgan fingerprint density at radius 1 is 0.836 bits per heavy atom. The first-order valence-corrected chi connectivity index (χ1v) is 23.8. The second-order valence-electron chi connectivity index (χ2n) is 18.5. The SMILES string of the molecule is CC(C)[C@H](NC(=O)[C@H](C)NC(=O)[C@@H](N)CC(=O)O)C(=O)Nc1ccc2c(c1)CN(CC(=O)N[C@@H](Cc1cnc[nH]1)C(=O)N1CCC[C@H]1C(=O)N[C@@H](Cc1ccccc1)C(=O)O)C(=O)[C@H](Cc1ccc(O)cc1)N2. The van der Waals surface area contributed by atoms with Crippen molar-refractivity contribution in [2.75, 3.05) is 23.7 Å². The van der Waals surface area contributed by atoms with Crippen LogP contribution in [0, 0.1) is 5.92 Å². The zero-order chi connectivity index (χ0) is 52.9. The summed E-state index contributed by atoms with van der Waals surface area (Å²) >= 11 is 0. The molecule has 0 spiro atoms. The smallest absolute Gasteiger partial charge is 0.326 e.